The Labute approximate surface area is 116 Å². The lowest BCUT2D eigenvalue weighted by Gasteiger charge is -2.30. The standard InChI is InChI=1S/C13H26N2O3S/c1-2-8-19(17,18)10-13(16)15-12(9-14)11-6-4-3-5-7-11/h11-12H,2-10,14H2,1H3,(H,15,16). The van der Waals surface area contributed by atoms with Crippen molar-refractivity contribution in [2.24, 2.45) is 11.7 Å². The molecule has 19 heavy (non-hydrogen) atoms. The summed E-state index contributed by atoms with van der Waals surface area (Å²) in [4.78, 5) is 11.8. The fourth-order valence-corrected chi connectivity index (χ4v) is 3.99. The van der Waals surface area contributed by atoms with Crippen LogP contribution >= 0.6 is 0 Å². The maximum Gasteiger partial charge on any atom is 0.235 e. The third-order valence-corrected chi connectivity index (χ3v) is 5.42. The van der Waals surface area contributed by atoms with Gasteiger partial charge in [0, 0.05) is 12.6 Å². The molecule has 1 rings (SSSR count). The molecule has 1 atom stereocenters. The smallest absolute Gasteiger partial charge is 0.235 e. The van der Waals surface area contributed by atoms with Gasteiger partial charge in [0.2, 0.25) is 5.91 Å². The lowest BCUT2D eigenvalue weighted by atomic mass is 9.84. The van der Waals surface area contributed by atoms with Crippen LogP contribution in [0.1, 0.15) is 45.4 Å². The molecule has 1 amide bonds. The summed E-state index contributed by atoms with van der Waals surface area (Å²) >= 11 is 0. The summed E-state index contributed by atoms with van der Waals surface area (Å²) in [5.74, 6) is -0.354. The van der Waals surface area contributed by atoms with Crippen LogP contribution in [0.15, 0.2) is 0 Å². The molecule has 1 saturated carbocycles. The molecule has 1 fully saturated rings. The molecule has 0 radical (unpaired) electrons. The molecule has 0 aromatic heterocycles. The van der Waals surface area contributed by atoms with Gasteiger partial charge in [-0.05, 0) is 25.2 Å². The first-order valence-corrected chi connectivity index (χ1v) is 9.00. The first-order valence-electron chi connectivity index (χ1n) is 7.18. The summed E-state index contributed by atoms with van der Waals surface area (Å²) in [7, 11) is -3.27. The van der Waals surface area contributed by atoms with Gasteiger partial charge < -0.3 is 11.1 Å². The number of nitrogens with two attached hydrogens (primary N) is 1. The van der Waals surface area contributed by atoms with Crippen LogP contribution in [0, 0.1) is 5.92 Å². The Morgan fingerprint density at radius 1 is 1.32 bits per heavy atom. The van der Waals surface area contributed by atoms with Crippen molar-refractivity contribution in [1.82, 2.24) is 5.32 Å². The van der Waals surface area contributed by atoms with E-state index in [9.17, 15) is 13.2 Å². The van der Waals surface area contributed by atoms with Crippen LogP contribution in [0.25, 0.3) is 0 Å². The number of hydrogen-bond donors (Lipinski definition) is 2. The van der Waals surface area contributed by atoms with Gasteiger partial charge in [-0.15, -0.1) is 0 Å². The van der Waals surface area contributed by atoms with Crippen LogP contribution in [0.4, 0.5) is 0 Å². The van der Waals surface area contributed by atoms with E-state index >= 15 is 0 Å². The second-order valence-electron chi connectivity index (χ2n) is 5.40. The largest absolute Gasteiger partial charge is 0.351 e. The molecule has 0 bridgehead atoms. The summed E-state index contributed by atoms with van der Waals surface area (Å²) < 4.78 is 23.2. The molecule has 0 aromatic carbocycles. The van der Waals surface area contributed by atoms with E-state index in [-0.39, 0.29) is 11.8 Å². The Kier molecular flexibility index (Phi) is 6.79. The van der Waals surface area contributed by atoms with Crippen LogP contribution in [0.5, 0.6) is 0 Å². The average molecular weight is 290 g/mol. The molecule has 1 aliphatic rings. The number of carbonyl (C=O) groups excluding carboxylic acids is 1. The van der Waals surface area contributed by atoms with Gasteiger partial charge in [-0.1, -0.05) is 26.2 Å². The highest BCUT2D eigenvalue weighted by molar-refractivity contribution is 7.92. The number of rotatable bonds is 7. The number of nitrogens with one attached hydrogen (secondary N) is 1. The Hall–Kier alpha value is -0.620. The Morgan fingerprint density at radius 3 is 2.47 bits per heavy atom. The van der Waals surface area contributed by atoms with Gasteiger partial charge in [0.05, 0.1) is 5.75 Å². The lowest BCUT2D eigenvalue weighted by molar-refractivity contribution is -0.119. The summed E-state index contributed by atoms with van der Waals surface area (Å²) in [6.07, 6.45) is 6.27. The van der Waals surface area contributed by atoms with Crippen molar-refractivity contribution >= 4 is 15.7 Å². The van der Waals surface area contributed by atoms with E-state index in [1.165, 1.54) is 19.3 Å². The average Bonchev–Trinajstić information content (AvgIpc) is 2.36. The zero-order valence-electron chi connectivity index (χ0n) is 11.7. The van der Waals surface area contributed by atoms with Crippen molar-refractivity contribution in [3.05, 3.63) is 0 Å². The SMILES string of the molecule is CCCS(=O)(=O)CC(=O)NC(CN)C1CCCCC1. The monoisotopic (exact) mass is 290 g/mol. The molecule has 0 aromatic rings. The first kappa shape index (κ1) is 16.4. The Balaban J connectivity index is 2.48. The van der Waals surface area contributed by atoms with Crippen LogP contribution in [-0.4, -0.2) is 38.4 Å². The van der Waals surface area contributed by atoms with Crippen molar-refractivity contribution in [2.75, 3.05) is 18.1 Å². The van der Waals surface area contributed by atoms with E-state index in [0.717, 1.165) is 12.8 Å². The number of carbonyl (C=O) groups is 1. The summed E-state index contributed by atoms with van der Waals surface area (Å²) in [6, 6.07) is -0.0790. The Morgan fingerprint density at radius 2 is 1.95 bits per heavy atom. The fraction of sp³-hybridized carbons (Fsp3) is 0.923. The molecule has 0 spiro atoms. The van der Waals surface area contributed by atoms with Gasteiger partial charge in [-0.3, -0.25) is 4.79 Å². The number of hydrogen-bond acceptors (Lipinski definition) is 4. The lowest BCUT2D eigenvalue weighted by Crippen LogP contribution is -2.47. The molecular weight excluding hydrogens is 264 g/mol. The zero-order valence-corrected chi connectivity index (χ0v) is 12.5. The molecule has 6 heteroatoms. The van der Waals surface area contributed by atoms with E-state index in [1.54, 1.807) is 6.92 Å². The second kappa shape index (κ2) is 7.85. The zero-order chi connectivity index (χ0) is 14.3. The maximum absolute atomic E-state index is 11.8. The van der Waals surface area contributed by atoms with Crippen LogP contribution < -0.4 is 11.1 Å². The highest BCUT2D eigenvalue weighted by Gasteiger charge is 2.25. The van der Waals surface area contributed by atoms with Crippen LogP contribution in [0.2, 0.25) is 0 Å². The topological polar surface area (TPSA) is 89.3 Å². The molecule has 0 aliphatic heterocycles. The van der Waals surface area contributed by atoms with Crippen molar-refractivity contribution in [1.29, 1.82) is 0 Å². The third kappa shape index (κ3) is 5.91. The van der Waals surface area contributed by atoms with Gasteiger partial charge >= 0.3 is 0 Å². The van der Waals surface area contributed by atoms with E-state index in [1.807, 2.05) is 0 Å². The van der Waals surface area contributed by atoms with Crippen molar-refractivity contribution in [3.8, 4) is 0 Å². The van der Waals surface area contributed by atoms with E-state index in [0.29, 0.717) is 18.9 Å². The van der Waals surface area contributed by atoms with Crippen molar-refractivity contribution < 1.29 is 13.2 Å². The molecule has 0 saturated heterocycles. The van der Waals surface area contributed by atoms with Gasteiger partial charge in [-0.2, -0.15) is 0 Å². The number of amides is 1. The minimum absolute atomic E-state index is 0.0666. The molecular formula is C13H26N2O3S. The van der Waals surface area contributed by atoms with Gasteiger partial charge in [0.15, 0.2) is 9.84 Å². The second-order valence-corrected chi connectivity index (χ2v) is 7.58. The van der Waals surface area contributed by atoms with Crippen molar-refractivity contribution in [3.63, 3.8) is 0 Å². The van der Waals surface area contributed by atoms with Gasteiger partial charge in [0.25, 0.3) is 0 Å². The third-order valence-electron chi connectivity index (χ3n) is 3.69. The van der Waals surface area contributed by atoms with Gasteiger partial charge in [-0.25, -0.2) is 8.42 Å². The minimum atomic E-state index is -3.27. The maximum atomic E-state index is 11.8. The van der Waals surface area contributed by atoms with E-state index in [2.05, 4.69) is 5.32 Å². The van der Waals surface area contributed by atoms with E-state index < -0.39 is 21.5 Å². The van der Waals surface area contributed by atoms with Crippen LogP contribution in [0.3, 0.4) is 0 Å². The quantitative estimate of drug-likeness (QED) is 0.727. The summed E-state index contributed by atoms with van der Waals surface area (Å²) in [6.45, 7) is 2.17. The predicted molar refractivity (Wildman–Crippen MR) is 76.5 cm³/mol. The molecule has 5 nitrogen and oxygen atoms in total. The highest BCUT2D eigenvalue weighted by Crippen LogP contribution is 2.26. The van der Waals surface area contributed by atoms with Crippen LogP contribution in [-0.2, 0) is 14.6 Å². The fourth-order valence-electron chi connectivity index (χ4n) is 2.74. The molecule has 3 N–H and O–H groups in total. The summed E-state index contributed by atoms with van der Waals surface area (Å²) in [5, 5.41) is 2.81. The normalized spacial score (nSPS) is 19.1. The summed E-state index contributed by atoms with van der Waals surface area (Å²) in [5.41, 5.74) is 5.71. The number of sulfone groups is 1. The predicted octanol–water partition coefficient (Wildman–Crippen LogP) is 0.835. The molecule has 1 aliphatic carbocycles. The van der Waals surface area contributed by atoms with Crippen molar-refractivity contribution in [2.45, 2.75) is 51.5 Å². The van der Waals surface area contributed by atoms with Gasteiger partial charge in [0.1, 0.15) is 5.75 Å². The first-order chi connectivity index (χ1) is 8.98. The minimum Gasteiger partial charge on any atom is -0.351 e. The Bertz CT molecular complexity index is 375. The molecule has 0 heterocycles. The highest BCUT2D eigenvalue weighted by atomic mass is 32.2. The molecule has 1 unspecified atom stereocenters. The van der Waals surface area contributed by atoms with E-state index in [4.69, 9.17) is 5.73 Å². The molecule has 112 valence electrons.